The zero-order valence-electron chi connectivity index (χ0n) is 9.22. The van der Waals surface area contributed by atoms with E-state index in [4.69, 9.17) is 8.83 Å². The number of rotatable bonds is 0. The number of aromatic hydroxyl groups is 3. The van der Waals surface area contributed by atoms with Crippen LogP contribution in [-0.2, 0) is 0 Å². The highest BCUT2D eigenvalue weighted by Crippen LogP contribution is 2.43. The van der Waals surface area contributed by atoms with Crippen LogP contribution in [-0.4, -0.2) is 15.3 Å². The highest BCUT2D eigenvalue weighted by molar-refractivity contribution is 6.10. The number of phenolic OH excluding ortho intramolecular Hbond substituents is 3. The molecule has 0 saturated heterocycles. The van der Waals surface area contributed by atoms with Gasteiger partial charge in [0, 0.05) is 5.56 Å². The fourth-order valence-corrected chi connectivity index (χ4v) is 2.02. The van der Waals surface area contributed by atoms with Crippen LogP contribution in [0.5, 0.6) is 17.2 Å². The molecule has 1 heterocycles. The number of hydrogen-bond acceptors (Lipinski definition) is 6. The van der Waals surface area contributed by atoms with Gasteiger partial charge in [0.1, 0.15) is 0 Å². The minimum atomic E-state index is -0.991. The quantitative estimate of drug-likeness (QED) is 0.525. The highest BCUT2D eigenvalue weighted by atomic mass is 16.6. The Morgan fingerprint density at radius 1 is 1.00 bits per heavy atom. The third-order valence-corrected chi connectivity index (χ3v) is 2.93. The second-order valence-corrected chi connectivity index (χ2v) is 3.94. The Balaban J connectivity index is 2.75. The molecule has 3 aromatic rings. The monoisotopic (exact) mass is 248 g/mol. The summed E-state index contributed by atoms with van der Waals surface area (Å²) in [6, 6.07) is 2.79. The van der Waals surface area contributed by atoms with Crippen LogP contribution in [0.4, 0.5) is 0 Å². The lowest BCUT2D eigenvalue weighted by molar-refractivity contribution is 0.399. The van der Waals surface area contributed by atoms with Gasteiger partial charge >= 0.3 is 5.82 Å². The largest absolute Gasteiger partial charge is 0.519 e. The van der Waals surface area contributed by atoms with Gasteiger partial charge in [-0.15, -0.1) is 0 Å². The fourth-order valence-electron chi connectivity index (χ4n) is 2.02. The van der Waals surface area contributed by atoms with Crippen LogP contribution < -0.4 is 5.82 Å². The molecule has 3 N–H and O–H groups in total. The fraction of sp³-hybridized carbons (Fsp3) is 0.0833. The molecule has 92 valence electrons. The first-order chi connectivity index (χ1) is 8.50. The molecule has 18 heavy (non-hydrogen) atoms. The van der Waals surface area contributed by atoms with Crippen molar-refractivity contribution < 1.29 is 24.2 Å². The lowest BCUT2D eigenvalue weighted by Crippen LogP contribution is -1.84. The van der Waals surface area contributed by atoms with Crippen molar-refractivity contribution in [1.82, 2.24) is 0 Å². The Hall–Kier alpha value is -2.63. The molecule has 0 saturated carbocycles. The molecule has 0 aliphatic rings. The summed E-state index contributed by atoms with van der Waals surface area (Å²) in [6.07, 6.45) is 0. The molecule has 0 spiro atoms. The molecule has 0 atom stereocenters. The second kappa shape index (κ2) is 3.19. The summed E-state index contributed by atoms with van der Waals surface area (Å²) in [4.78, 5) is 11.1. The standard InChI is InChI=1S/C12H8O6/c1-4-5-2-3-6(13)9(15)7(5)10-11(8(4)14)18-12(16)17-10/h2-3,13-15H,1H3. The van der Waals surface area contributed by atoms with Crippen molar-refractivity contribution in [3.63, 3.8) is 0 Å². The molecular weight excluding hydrogens is 240 g/mol. The van der Waals surface area contributed by atoms with E-state index in [0.717, 1.165) is 0 Å². The Kier molecular flexibility index (Phi) is 1.87. The summed E-state index contributed by atoms with van der Waals surface area (Å²) in [5.41, 5.74) is 0.176. The van der Waals surface area contributed by atoms with Gasteiger partial charge in [0.05, 0.1) is 5.39 Å². The zero-order valence-corrected chi connectivity index (χ0v) is 9.22. The predicted molar refractivity (Wildman–Crippen MR) is 62.0 cm³/mol. The molecule has 0 aliphatic carbocycles. The maximum atomic E-state index is 11.1. The van der Waals surface area contributed by atoms with E-state index >= 15 is 0 Å². The third-order valence-electron chi connectivity index (χ3n) is 2.93. The average molecular weight is 248 g/mol. The van der Waals surface area contributed by atoms with Crippen molar-refractivity contribution >= 4 is 21.9 Å². The lowest BCUT2D eigenvalue weighted by Gasteiger charge is -2.07. The first-order valence-corrected chi connectivity index (χ1v) is 5.10. The first-order valence-electron chi connectivity index (χ1n) is 5.10. The number of aryl methyl sites for hydroxylation is 1. The van der Waals surface area contributed by atoms with Crippen LogP contribution in [0.1, 0.15) is 5.56 Å². The molecule has 0 unspecified atom stereocenters. The molecule has 0 radical (unpaired) electrons. The highest BCUT2D eigenvalue weighted by Gasteiger charge is 2.21. The van der Waals surface area contributed by atoms with E-state index in [9.17, 15) is 20.1 Å². The molecular formula is C12H8O6. The SMILES string of the molecule is Cc1c(O)c2oc(=O)oc2c2c(O)c(O)ccc12. The molecule has 0 aliphatic heterocycles. The number of hydrogen-bond donors (Lipinski definition) is 3. The van der Waals surface area contributed by atoms with Crippen molar-refractivity contribution in [3.05, 3.63) is 28.3 Å². The maximum Gasteiger partial charge on any atom is 0.519 e. The summed E-state index contributed by atoms with van der Waals surface area (Å²) in [6.45, 7) is 1.60. The Labute approximate surface area is 99.3 Å². The van der Waals surface area contributed by atoms with Crippen LogP contribution in [0, 0.1) is 6.92 Å². The molecule has 6 nitrogen and oxygen atoms in total. The lowest BCUT2D eigenvalue weighted by atomic mass is 10.0. The van der Waals surface area contributed by atoms with E-state index in [1.807, 2.05) is 0 Å². The van der Waals surface area contributed by atoms with E-state index in [2.05, 4.69) is 0 Å². The Morgan fingerprint density at radius 3 is 2.39 bits per heavy atom. The summed E-state index contributed by atoms with van der Waals surface area (Å²) >= 11 is 0. The minimum Gasteiger partial charge on any atom is -0.504 e. The van der Waals surface area contributed by atoms with E-state index in [1.165, 1.54) is 12.1 Å². The van der Waals surface area contributed by atoms with Gasteiger partial charge in [-0.3, -0.25) is 0 Å². The van der Waals surface area contributed by atoms with Gasteiger partial charge in [0.25, 0.3) is 0 Å². The van der Waals surface area contributed by atoms with Gasteiger partial charge < -0.3 is 24.2 Å². The van der Waals surface area contributed by atoms with Crippen molar-refractivity contribution in [2.24, 2.45) is 0 Å². The minimum absolute atomic E-state index is 0.0912. The van der Waals surface area contributed by atoms with Crippen LogP contribution in [0.3, 0.4) is 0 Å². The van der Waals surface area contributed by atoms with E-state index in [-0.39, 0.29) is 28.1 Å². The van der Waals surface area contributed by atoms with Crippen molar-refractivity contribution in [2.45, 2.75) is 6.92 Å². The number of fused-ring (bicyclic) bond motifs is 3. The van der Waals surface area contributed by atoms with Crippen LogP contribution in [0.25, 0.3) is 21.9 Å². The third kappa shape index (κ3) is 1.14. The zero-order chi connectivity index (χ0) is 13.0. The van der Waals surface area contributed by atoms with Crippen LogP contribution in [0.2, 0.25) is 0 Å². The number of benzene rings is 2. The topological polar surface area (TPSA) is 104 Å². The smallest absolute Gasteiger partial charge is 0.504 e. The van der Waals surface area contributed by atoms with Gasteiger partial charge in [-0.2, -0.15) is 0 Å². The molecule has 0 fully saturated rings. The summed E-state index contributed by atoms with van der Waals surface area (Å²) in [5, 5.41) is 29.8. The first kappa shape index (κ1) is 10.5. The van der Waals surface area contributed by atoms with Gasteiger partial charge in [-0.25, -0.2) is 4.79 Å². The predicted octanol–water partition coefficient (Wildman–Crippen LogP) is 1.96. The normalized spacial score (nSPS) is 11.4. The van der Waals surface area contributed by atoms with E-state index in [1.54, 1.807) is 6.92 Å². The van der Waals surface area contributed by atoms with Gasteiger partial charge in [-0.1, -0.05) is 0 Å². The summed E-state index contributed by atoms with van der Waals surface area (Å²) in [5.74, 6) is -1.99. The Morgan fingerprint density at radius 2 is 1.67 bits per heavy atom. The van der Waals surface area contributed by atoms with E-state index < -0.39 is 11.6 Å². The molecule has 6 heteroatoms. The molecule has 0 amide bonds. The Bertz CT molecular complexity index is 839. The second-order valence-electron chi connectivity index (χ2n) is 3.94. The van der Waals surface area contributed by atoms with Gasteiger partial charge in [0.2, 0.25) is 5.58 Å². The van der Waals surface area contributed by atoms with Crippen molar-refractivity contribution in [1.29, 1.82) is 0 Å². The van der Waals surface area contributed by atoms with E-state index in [0.29, 0.717) is 10.9 Å². The van der Waals surface area contributed by atoms with Gasteiger partial charge in [-0.05, 0) is 24.4 Å². The molecule has 0 bridgehead atoms. The van der Waals surface area contributed by atoms with Crippen molar-refractivity contribution in [2.75, 3.05) is 0 Å². The summed E-state index contributed by atoms with van der Waals surface area (Å²) in [7, 11) is 0. The molecule has 1 aromatic heterocycles. The molecule has 2 aromatic carbocycles. The molecule has 3 rings (SSSR count). The van der Waals surface area contributed by atoms with Gasteiger partial charge in [0.15, 0.2) is 22.8 Å². The average Bonchev–Trinajstić information content (AvgIpc) is 2.71. The van der Waals surface area contributed by atoms with Crippen molar-refractivity contribution in [3.8, 4) is 17.2 Å². The number of phenols is 3. The maximum absolute atomic E-state index is 11.1. The van der Waals surface area contributed by atoms with Crippen LogP contribution >= 0.6 is 0 Å². The summed E-state index contributed by atoms with van der Waals surface area (Å²) < 4.78 is 9.52. The van der Waals surface area contributed by atoms with Crippen LogP contribution in [0.15, 0.2) is 25.8 Å².